The van der Waals surface area contributed by atoms with Gasteiger partial charge >= 0.3 is 11.8 Å². The van der Waals surface area contributed by atoms with Crippen LogP contribution in [0.2, 0.25) is 0 Å². The maximum Gasteiger partial charge on any atom is 0.409 e. The Morgan fingerprint density at radius 2 is 1.91 bits per heavy atom. The molecule has 2 heterocycles. The second-order valence-electron chi connectivity index (χ2n) is 5.10. The van der Waals surface area contributed by atoms with Crippen LogP contribution < -0.4 is 0 Å². The fraction of sp³-hybridized carbons (Fsp3) is 0.615. The summed E-state index contributed by atoms with van der Waals surface area (Å²) < 4.78 is 6.24. The molecule has 0 spiro atoms. The molecular weight excluding hydrogens is 306 g/mol. The molecule has 10 heteroatoms. The second kappa shape index (κ2) is 7.07. The van der Waals surface area contributed by atoms with Gasteiger partial charge in [0.1, 0.15) is 18.4 Å². The van der Waals surface area contributed by atoms with Crippen LogP contribution in [0.4, 0.5) is 10.5 Å². The van der Waals surface area contributed by atoms with Crippen molar-refractivity contribution in [1.29, 1.82) is 0 Å². The van der Waals surface area contributed by atoms with E-state index in [1.54, 1.807) is 23.6 Å². The van der Waals surface area contributed by atoms with Crippen molar-refractivity contribution in [3.8, 4) is 0 Å². The number of carbonyl (C=O) groups excluding carboxylic acids is 2. The minimum absolute atomic E-state index is 0.0565. The molecule has 0 unspecified atom stereocenters. The fourth-order valence-electron chi connectivity index (χ4n) is 2.36. The SMILES string of the molecule is CCOC(=O)N1CCN(C(=O)Cn2ncc([N+](=O)[O-])c2C)CC1. The number of rotatable bonds is 4. The number of hydrogen-bond acceptors (Lipinski definition) is 6. The summed E-state index contributed by atoms with van der Waals surface area (Å²) in [7, 11) is 0. The number of ether oxygens (including phenoxy) is 1. The van der Waals surface area contributed by atoms with E-state index in [1.807, 2.05) is 0 Å². The van der Waals surface area contributed by atoms with Crippen molar-refractivity contribution in [3.63, 3.8) is 0 Å². The zero-order valence-corrected chi connectivity index (χ0v) is 13.1. The molecule has 1 aliphatic rings. The van der Waals surface area contributed by atoms with Gasteiger partial charge < -0.3 is 14.5 Å². The predicted octanol–water partition coefficient (Wildman–Crippen LogP) is 0.400. The van der Waals surface area contributed by atoms with Gasteiger partial charge in [0.25, 0.3) is 0 Å². The molecule has 0 bridgehead atoms. The minimum atomic E-state index is -0.526. The Bertz CT molecular complexity index is 606. The van der Waals surface area contributed by atoms with Crippen LogP contribution in [0.1, 0.15) is 12.6 Å². The first-order valence-corrected chi connectivity index (χ1v) is 7.30. The first kappa shape index (κ1) is 16.7. The lowest BCUT2D eigenvalue weighted by molar-refractivity contribution is -0.385. The first-order chi connectivity index (χ1) is 10.9. The quantitative estimate of drug-likeness (QED) is 0.585. The van der Waals surface area contributed by atoms with Gasteiger partial charge in [0, 0.05) is 26.2 Å². The van der Waals surface area contributed by atoms with Crippen molar-refractivity contribution >= 4 is 17.7 Å². The summed E-state index contributed by atoms with van der Waals surface area (Å²) in [4.78, 5) is 37.3. The van der Waals surface area contributed by atoms with Crippen molar-refractivity contribution in [1.82, 2.24) is 19.6 Å². The van der Waals surface area contributed by atoms with Gasteiger partial charge in [-0.1, -0.05) is 0 Å². The van der Waals surface area contributed by atoms with Gasteiger partial charge in [-0.25, -0.2) is 4.79 Å². The van der Waals surface area contributed by atoms with Crippen molar-refractivity contribution in [2.45, 2.75) is 20.4 Å². The lowest BCUT2D eigenvalue weighted by Gasteiger charge is -2.34. The molecule has 0 N–H and O–H groups in total. The van der Waals surface area contributed by atoms with Gasteiger partial charge in [0.15, 0.2) is 0 Å². The molecule has 1 aromatic rings. The van der Waals surface area contributed by atoms with E-state index in [4.69, 9.17) is 4.74 Å². The summed E-state index contributed by atoms with van der Waals surface area (Å²) in [5.74, 6) is -0.186. The molecule has 0 aromatic carbocycles. The largest absolute Gasteiger partial charge is 0.450 e. The lowest BCUT2D eigenvalue weighted by Crippen LogP contribution is -2.51. The van der Waals surface area contributed by atoms with E-state index in [9.17, 15) is 19.7 Å². The summed E-state index contributed by atoms with van der Waals surface area (Å²) in [6.07, 6.45) is 0.763. The molecule has 0 radical (unpaired) electrons. The van der Waals surface area contributed by atoms with Gasteiger partial charge in [-0.2, -0.15) is 5.10 Å². The van der Waals surface area contributed by atoms with Gasteiger partial charge in [0.05, 0.1) is 11.5 Å². The number of nitro groups is 1. The summed E-state index contributed by atoms with van der Waals surface area (Å²) in [5.41, 5.74) is 0.235. The average molecular weight is 325 g/mol. The summed E-state index contributed by atoms with van der Waals surface area (Å²) in [5, 5.41) is 14.7. The van der Waals surface area contributed by atoms with Crippen LogP contribution in [0.15, 0.2) is 6.20 Å². The number of carbonyl (C=O) groups is 2. The van der Waals surface area contributed by atoms with E-state index in [0.29, 0.717) is 38.5 Å². The van der Waals surface area contributed by atoms with Crippen molar-refractivity contribution in [2.75, 3.05) is 32.8 Å². The number of hydrogen-bond donors (Lipinski definition) is 0. The Hall–Kier alpha value is -2.65. The Morgan fingerprint density at radius 1 is 1.30 bits per heavy atom. The molecule has 0 aliphatic carbocycles. The van der Waals surface area contributed by atoms with Crippen LogP contribution in [-0.4, -0.2) is 69.3 Å². The monoisotopic (exact) mass is 325 g/mol. The highest BCUT2D eigenvalue weighted by atomic mass is 16.6. The van der Waals surface area contributed by atoms with E-state index in [0.717, 1.165) is 6.20 Å². The molecule has 1 saturated heterocycles. The van der Waals surface area contributed by atoms with E-state index in [2.05, 4.69) is 5.10 Å². The van der Waals surface area contributed by atoms with Gasteiger partial charge in [-0.3, -0.25) is 19.6 Å². The van der Waals surface area contributed by atoms with Gasteiger partial charge in [0.2, 0.25) is 5.91 Å². The zero-order chi connectivity index (χ0) is 17.0. The molecule has 1 aromatic heterocycles. The normalized spacial score (nSPS) is 14.7. The number of amides is 2. The van der Waals surface area contributed by atoms with Crippen LogP contribution in [0.5, 0.6) is 0 Å². The number of aromatic nitrogens is 2. The maximum atomic E-state index is 12.3. The van der Waals surface area contributed by atoms with Crippen molar-refractivity contribution in [2.24, 2.45) is 0 Å². The van der Waals surface area contributed by atoms with Crippen LogP contribution in [0, 0.1) is 17.0 Å². The van der Waals surface area contributed by atoms with Crippen LogP contribution in [0.25, 0.3) is 0 Å². The van der Waals surface area contributed by atoms with Gasteiger partial charge in [-0.05, 0) is 13.8 Å². The van der Waals surface area contributed by atoms with Crippen LogP contribution >= 0.6 is 0 Å². The summed E-state index contributed by atoms with van der Waals surface area (Å²) >= 11 is 0. The highest BCUT2D eigenvalue weighted by Gasteiger charge is 2.26. The Kier molecular flexibility index (Phi) is 5.14. The molecule has 0 atom stereocenters. The molecule has 1 aliphatic heterocycles. The predicted molar refractivity (Wildman–Crippen MR) is 78.8 cm³/mol. The van der Waals surface area contributed by atoms with Crippen molar-refractivity contribution in [3.05, 3.63) is 22.0 Å². The number of piperazine rings is 1. The molecular formula is C13H19N5O5. The lowest BCUT2D eigenvalue weighted by atomic mass is 10.3. The molecule has 23 heavy (non-hydrogen) atoms. The third-order valence-corrected chi connectivity index (χ3v) is 3.72. The maximum absolute atomic E-state index is 12.3. The third-order valence-electron chi connectivity index (χ3n) is 3.72. The molecule has 1 fully saturated rings. The first-order valence-electron chi connectivity index (χ1n) is 7.30. The highest BCUT2D eigenvalue weighted by molar-refractivity contribution is 5.76. The Labute approximate surface area is 132 Å². The zero-order valence-electron chi connectivity index (χ0n) is 13.1. The molecule has 126 valence electrons. The Morgan fingerprint density at radius 3 is 2.43 bits per heavy atom. The van der Waals surface area contributed by atoms with E-state index < -0.39 is 4.92 Å². The number of nitrogens with zero attached hydrogens (tertiary/aromatic N) is 5. The fourth-order valence-corrected chi connectivity index (χ4v) is 2.36. The molecule has 10 nitrogen and oxygen atoms in total. The molecule has 0 saturated carbocycles. The van der Waals surface area contributed by atoms with E-state index >= 15 is 0 Å². The molecule has 2 rings (SSSR count). The minimum Gasteiger partial charge on any atom is -0.450 e. The van der Waals surface area contributed by atoms with Crippen LogP contribution in [-0.2, 0) is 16.1 Å². The standard InChI is InChI=1S/C13H19N5O5/c1-3-23-13(20)16-6-4-15(5-7-16)12(19)9-17-10(2)11(8-14-17)18(21)22/h8H,3-7,9H2,1-2H3. The van der Waals surface area contributed by atoms with Crippen LogP contribution in [0.3, 0.4) is 0 Å². The molecule has 2 amide bonds. The topological polar surface area (TPSA) is 111 Å². The highest BCUT2D eigenvalue weighted by Crippen LogP contribution is 2.16. The second-order valence-corrected chi connectivity index (χ2v) is 5.10. The Balaban J connectivity index is 1.91. The third kappa shape index (κ3) is 3.76. The van der Waals surface area contributed by atoms with Crippen molar-refractivity contribution < 1.29 is 19.2 Å². The summed E-state index contributed by atoms with van der Waals surface area (Å²) in [6, 6.07) is 0. The van der Waals surface area contributed by atoms with E-state index in [1.165, 1.54) is 4.68 Å². The average Bonchev–Trinajstić information content (AvgIpc) is 2.89. The van der Waals surface area contributed by atoms with Gasteiger partial charge in [-0.15, -0.1) is 0 Å². The summed E-state index contributed by atoms with van der Waals surface area (Å²) in [6.45, 7) is 5.17. The smallest absolute Gasteiger partial charge is 0.409 e. The van der Waals surface area contributed by atoms with E-state index in [-0.39, 0.29) is 24.2 Å².